The number of rotatable bonds is 5. The number of hydrogen-bond acceptors (Lipinski definition) is 1. The van der Waals surface area contributed by atoms with E-state index in [9.17, 15) is 4.79 Å². The van der Waals surface area contributed by atoms with Gasteiger partial charge in [0.05, 0.1) is 0 Å². The average molecular weight is 443 g/mol. The van der Waals surface area contributed by atoms with Crippen molar-refractivity contribution in [1.82, 2.24) is 0 Å². The van der Waals surface area contributed by atoms with E-state index in [0.29, 0.717) is 0 Å². The SMILES string of the molecule is CCCCc1ccc(C(=O)c2cc(Br)ccc2I)cc1. The standard InChI is InChI=1S/C17H16BrIO/c1-2-3-4-12-5-7-13(8-6-12)17(20)15-11-14(18)9-10-16(15)19/h5-11H,2-4H2,1H3. The minimum absolute atomic E-state index is 0.0812. The largest absolute Gasteiger partial charge is 0.289 e. The van der Waals surface area contributed by atoms with Gasteiger partial charge in [-0.3, -0.25) is 4.79 Å². The van der Waals surface area contributed by atoms with Crippen molar-refractivity contribution in [1.29, 1.82) is 0 Å². The van der Waals surface area contributed by atoms with Gasteiger partial charge in [0.1, 0.15) is 0 Å². The molecular formula is C17H16BrIO. The Kier molecular flexibility index (Phi) is 5.78. The Hall–Kier alpha value is -0.680. The number of carbonyl (C=O) groups is 1. The van der Waals surface area contributed by atoms with Crippen LogP contribution in [0.25, 0.3) is 0 Å². The minimum Gasteiger partial charge on any atom is -0.289 e. The first-order valence-electron chi connectivity index (χ1n) is 6.70. The van der Waals surface area contributed by atoms with Crippen molar-refractivity contribution < 1.29 is 4.79 Å². The lowest BCUT2D eigenvalue weighted by Gasteiger charge is -2.06. The Balaban J connectivity index is 2.22. The summed E-state index contributed by atoms with van der Waals surface area (Å²) < 4.78 is 1.91. The first-order chi connectivity index (χ1) is 9.61. The fourth-order valence-electron chi connectivity index (χ4n) is 2.03. The number of ketones is 1. The molecule has 0 aliphatic carbocycles. The van der Waals surface area contributed by atoms with E-state index < -0.39 is 0 Å². The molecule has 0 radical (unpaired) electrons. The fraction of sp³-hybridized carbons (Fsp3) is 0.235. The van der Waals surface area contributed by atoms with Crippen LogP contribution in [-0.4, -0.2) is 5.78 Å². The maximum absolute atomic E-state index is 12.5. The van der Waals surface area contributed by atoms with Crippen LogP contribution in [0.15, 0.2) is 46.9 Å². The van der Waals surface area contributed by atoms with Crippen LogP contribution in [0.1, 0.15) is 41.3 Å². The van der Waals surface area contributed by atoms with Crippen LogP contribution in [0.5, 0.6) is 0 Å². The summed E-state index contributed by atoms with van der Waals surface area (Å²) in [4.78, 5) is 12.5. The van der Waals surface area contributed by atoms with E-state index in [2.05, 4.69) is 57.6 Å². The molecule has 0 N–H and O–H groups in total. The third-order valence-corrected chi connectivity index (χ3v) is 4.64. The molecule has 2 aromatic rings. The molecular weight excluding hydrogens is 427 g/mol. The highest BCUT2D eigenvalue weighted by Gasteiger charge is 2.12. The Morgan fingerprint density at radius 1 is 1.15 bits per heavy atom. The van der Waals surface area contributed by atoms with Gasteiger partial charge < -0.3 is 0 Å². The molecule has 0 amide bonds. The molecule has 3 heteroatoms. The Labute approximate surface area is 142 Å². The molecule has 0 saturated carbocycles. The third-order valence-electron chi connectivity index (χ3n) is 3.21. The smallest absolute Gasteiger partial charge is 0.194 e. The van der Waals surface area contributed by atoms with Gasteiger partial charge in [0.2, 0.25) is 0 Å². The van der Waals surface area contributed by atoms with Crippen molar-refractivity contribution in [3.8, 4) is 0 Å². The highest BCUT2D eigenvalue weighted by molar-refractivity contribution is 14.1. The zero-order chi connectivity index (χ0) is 14.5. The molecule has 0 saturated heterocycles. The van der Waals surface area contributed by atoms with Crippen molar-refractivity contribution >= 4 is 44.3 Å². The summed E-state index contributed by atoms with van der Waals surface area (Å²) in [6, 6.07) is 13.8. The van der Waals surface area contributed by atoms with Crippen LogP contribution in [0, 0.1) is 3.57 Å². The lowest BCUT2D eigenvalue weighted by Crippen LogP contribution is -2.04. The van der Waals surface area contributed by atoms with Crippen molar-refractivity contribution in [3.63, 3.8) is 0 Å². The highest BCUT2D eigenvalue weighted by Crippen LogP contribution is 2.21. The van der Waals surface area contributed by atoms with Gasteiger partial charge in [-0.1, -0.05) is 53.5 Å². The third kappa shape index (κ3) is 3.92. The monoisotopic (exact) mass is 442 g/mol. The number of aryl methyl sites for hydroxylation is 1. The topological polar surface area (TPSA) is 17.1 Å². The summed E-state index contributed by atoms with van der Waals surface area (Å²) in [6.45, 7) is 2.19. The normalized spacial score (nSPS) is 10.6. The van der Waals surface area contributed by atoms with Crippen LogP contribution in [0.3, 0.4) is 0 Å². The number of halogens is 2. The lowest BCUT2D eigenvalue weighted by atomic mass is 10.0. The van der Waals surface area contributed by atoms with E-state index >= 15 is 0 Å². The van der Waals surface area contributed by atoms with Crippen molar-refractivity contribution in [2.45, 2.75) is 26.2 Å². The second-order valence-electron chi connectivity index (χ2n) is 4.75. The maximum atomic E-state index is 12.5. The predicted octanol–water partition coefficient (Wildman–Crippen LogP) is 5.63. The van der Waals surface area contributed by atoms with Crippen molar-refractivity contribution in [3.05, 3.63) is 67.2 Å². The highest BCUT2D eigenvalue weighted by atomic mass is 127. The molecule has 0 aliphatic heterocycles. The first-order valence-corrected chi connectivity index (χ1v) is 8.57. The lowest BCUT2D eigenvalue weighted by molar-refractivity contribution is 0.103. The molecule has 0 atom stereocenters. The van der Waals surface area contributed by atoms with Gasteiger partial charge in [-0.2, -0.15) is 0 Å². The van der Waals surface area contributed by atoms with Crippen LogP contribution >= 0.6 is 38.5 Å². The van der Waals surface area contributed by atoms with Crippen LogP contribution in [0.4, 0.5) is 0 Å². The quantitative estimate of drug-likeness (QED) is 0.433. The van der Waals surface area contributed by atoms with Crippen molar-refractivity contribution in [2.24, 2.45) is 0 Å². The molecule has 1 nitrogen and oxygen atoms in total. The summed E-state index contributed by atoms with van der Waals surface area (Å²) in [6.07, 6.45) is 3.47. The molecule has 20 heavy (non-hydrogen) atoms. The van der Waals surface area contributed by atoms with E-state index in [-0.39, 0.29) is 5.78 Å². The second-order valence-corrected chi connectivity index (χ2v) is 6.83. The Bertz CT molecular complexity index is 605. The molecule has 104 valence electrons. The Morgan fingerprint density at radius 2 is 1.85 bits per heavy atom. The summed E-state index contributed by atoms with van der Waals surface area (Å²) in [7, 11) is 0. The molecule has 2 rings (SSSR count). The van der Waals surface area contributed by atoms with Gasteiger partial charge in [0.25, 0.3) is 0 Å². The number of unbranched alkanes of at least 4 members (excludes halogenated alkanes) is 1. The van der Waals surface area contributed by atoms with Gasteiger partial charge >= 0.3 is 0 Å². The Morgan fingerprint density at radius 3 is 2.50 bits per heavy atom. The van der Waals surface area contributed by atoms with Gasteiger partial charge in [0.15, 0.2) is 5.78 Å². The van der Waals surface area contributed by atoms with Crippen molar-refractivity contribution in [2.75, 3.05) is 0 Å². The molecule has 0 aromatic heterocycles. The molecule has 0 fully saturated rings. The number of carbonyl (C=O) groups excluding carboxylic acids is 1. The number of benzene rings is 2. The van der Waals surface area contributed by atoms with Crippen LogP contribution in [-0.2, 0) is 6.42 Å². The molecule has 0 heterocycles. The summed E-state index contributed by atoms with van der Waals surface area (Å²) >= 11 is 5.62. The molecule has 2 aromatic carbocycles. The van der Waals surface area contributed by atoms with E-state index in [4.69, 9.17) is 0 Å². The average Bonchev–Trinajstić information content (AvgIpc) is 2.47. The maximum Gasteiger partial charge on any atom is 0.194 e. The van der Waals surface area contributed by atoms with Crippen LogP contribution < -0.4 is 0 Å². The molecule has 0 aliphatic rings. The first kappa shape index (κ1) is 15.7. The van der Waals surface area contributed by atoms with Gasteiger partial charge in [-0.25, -0.2) is 0 Å². The summed E-state index contributed by atoms with van der Waals surface area (Å²) in [5.41, 5.74) is 2.80. The fourth-order valence-corrected chi connectivity index (χ4v) is 2.97. The van der Waals surface area contributed by atoms with Gasteiger partial charge in [-0.15, -0.1) is 0 Å². The minimum atomic E-state index is 0.0812. The van der Waals surface area contributed by atoms with E-state index in [1.165, 1.54) is 18.4 Å². The zero-order valence-electron chi connectivity index (χ0n) is 11.3. The van der Waals surface area contributed by atoms with Crippen LogP contribution in [0.2, 0.25) is 0 Å². The second kappa shape index (κ2) is 7.36. The predicted molar refractivity (Wildman–Crippen MR) is 95.3 cm³/mol. The van der Waals surface area contributed by atoms with E-state index in [1.54, 1.807) is 0 Å². The zero-order valence-corrected chi connectivity index (χ0v) is 15.1. The number of hydrogen-bond donors (Lipinski definition) is 0. The molecule has 0 unspecified atom stereocenters. The molecule has 0 spiro atoms. The van der Waals surface area contributed by atoms with E-state index in [0.717, 1.165) is 25.6 Å². The van der Waals surface area contributed by atoms with Gasteiger partial charge in [0, 0.05) is 19.2 Å². The summed E-state index contributed by atoms with van der Waals surface area (Å²) in [5.74, 6) is 0.0812. The molecule has 0 bridgehead atoms. The van der Waals surface area contributed by atoms with Gasteiger partial charge in [-0.05, 0) is 59.2 Å². The summed E-state index contributed by atoms with van der Waals surface area (Å²) in [5, 5.41) is 0. The van der Waals surface area contributed by atoms with E-state index in [1.807, 2.05) is 30.3 Å².